The maximum Gasteiger partial charge on any atom is 0.336 e. The maximum atomic E-state index is 10.7. The first-order valence-corrected chi connectivity index (χ1v) is 3.26. The number of fused-ring (bicyclic) bond motifs is 1. The second kappa shape index (κ2) is 2.23. The van der Waals surface area contributed by atoms with Gasteiger partial charge in [-0.3, -0.25) is 0 Å². The molecule has 1 heterocycles. The standard InChI is InChI=1S/C9H5O2/c10-9-6-5-7-3-1-2-4-8(7)11-9/h1,3-6H. The third-order valence-electron chi connectivity index (χ3n) is 1.47. The van der Waals surface area contributed by atoms with Crippen LogP contribution in [0.15, 0.2) is 39.5 Å². The van der Waals surface area contributed by atoms with Crippen molar-refractivity contribution in [1.82, 2.24) is 0 Å². The Morgan fingerprint density at radius 2 is 2.18 bits per heavy atom. The van der Waals surface area contributed by atoms with Gasteiger partial charge in [-0.25, -0.2) is 4.79 Å². The van der Waals surface area contributed by atoms with E-state index >= 15 is 0 Å². The Bertz CT molecular complexity index is 429. The highest BCUT2D eigenvalue weighted by Crippen LogP contribution is 2.08. The van der Waals surface area contributed by atoms with Crippen LogP contribution in [0, 0.1) is 6.07 Å². The summed E-state index contributed by atoms with van der Waals surface area (Å²) >= 11 is 0. The number of benzene rings is 1. The van der Waals surface area contributed by atoms with E-state index in [2.05, 4.69) is 6.07 Å². The van der Waals surface area contributed by atoms with Crippen molar-refractivity contribution in [3.8, 4) is 0 Å². The summed E-state index contributed by atoms with van der Waals surface area (Å²) in [6, 6.07) is 11.2. The first-order chi connectivity index (χ1) is 5.36. The Labute approximate surface area is 63.1 Å². The fourth-order valence-electron chi connectivity index (χ4n) is 0.953. The third-order valence-corrected chi connectivity index (χ3v) is 1.47. The van der Waals surface area contributed by atoms with Gasteiger partial charge in [-0.05, 0) is 18.2 Å². The molecule has 0 aliphatic carbocycles. The van der Waals surface area contributed by atoms with E-state index in [0.29, 0.717) is 5.58 Å². The molecule has 2 aromatic rings. The number of rotatable bonds is 0. The van der Waals surface area contributed by atoms with Crippen LogP contribution in [0.5, 0.6) is 0 Å². The highest BCUT2D eigenvalue weighted by atomic mass is 16.4. The van der Waals surface area contributed by atoms with Gasteiger partial charge in [-0.15, -0.1) is 0 Å². The molecule has 0 unspecified atom stereocenters. The van der Waals surface area contributed by atoms with Gasteiger partial charge in [0.2, 0.25) is 0 Å². The first kappa shape index (κ1) is 6.16. The lowest BCUT2D eigenvalue weighted by Gasteiger charge is -1.91. The predicted molar refractivity (Wildman–Crippen MR) is 41.3 cm³/mol. The summed E-state index contributed by atoms with van der Waals surface area (Å²) in [6.45, 7) is 0. The van der Waals surface area contributed by atoms with Crippen molar-refractivity contribution in [3.05, 3.63) is 46.8 Å². The quantitative estimate of drug-likeness (QED) is 0.527. The SMILES string of the molecule is O=c1ccc2cc[c]cc2o1. The number of hydrogen-bond acceptors (Lipinski definition) is 2. The fraction of sp³-hybridized carbons (Fsp3) is 0. The van der Waals surface area contributed by atoms with E-state index in [4.69, 9.17) is 4.42 Å². The van der Waals surface area contributed by atoms with Crippen molar-refractivity contribution in [3.63, 3.8) is 0 Å². The van der Waals surface area contributed by atoms with Crippen molar-refractivity contribution >= 4 is 11.0 Å². The van der Waals surface area contributed by atoms with Crippen molar-refractivity contribution in [2.75, 3.05) is 0 Å². The molecule has 2 nitrogen and oxygen atoms in total. The molecule has 1 radical (unpaired) electrons. The van der Waals surface area contributed by atoms with E-state index in [-0.39, 0.29) is 5.63 Å². The van der Waals surface area contributed by atoms with Crippen LogP contribution in [0.3, 0.4) is 0 Å². The molecule has 0 saturated carbocycles. The minimum absolute atomic E-state index is 0.322. The number of hydrogen-bond donors (Lipinski definition) is 0. The van der Waals surface area contributed by atoms with Crippen LogP contribution in [0.1, 0.15) is 0 Å². The predicted octanol–water partition coefficient (Wildman–Crippen LogP) is 1.59. The van der Waals surface area contributed by atoms with Crippen LogP contribution in [0.2, 0.25) is 0 Å². The lowest BCUT2D eigenvalue weighted by atomic mass is 10.2. The average molecular weight is 145 g/mol. The Morgan fingerprint density at radius 3 is 3.09 bits per heavy atom. The molecular weight excluding hydrogens is 140 g/mol. The molecule has 1 aromatic carbocycles. The van der Waals surface area contributed by atoms with Crippen LogP contribution in [0.4, 0.5) is 0 Å². The lowest BCUT2D eigenvalue weighted by molar-refractivity contribution is 0.561. The van der Waals surface area contributed by atoms with Crippen LogP contribution < -0.4 is 5.63 Å². The molecule has 0 N–H and O–H groups in total. The first-order valence-electron chi connectivity index (χ1n) is 3.26. The van der Waals surface area contributed by atoms with Gasteiger partial charge in [0, 0.05) is 11.5 Å². The summed E-state index contributed by atoms with van der Waals surface area (Å²) in [7, 11) is 0. The summed E-state index contributed by atoms with van der Waals surface area (Å²) in [5.74, 6) is 0. The zero-order valence-electron chi connectivity index (χ0n) is 5.70. The molecule has 0 bridgehead atoms. The molecule has 53 valence electrons. The molecule has 11 heavy (non-hydrogen) atoms. The molecule has 0 fully saturated rings. The van der Waals surface area contributed by atoms with Crippen molar-refractivity contribution in [1.29, 1.82) is 0 Å². The maximum absolute atomic E-state index is 10.7. The topological polar surface area (TPSA) is 30.2 Å². The monoisotopic (exact) mass is 145 g/mol. The molecule has 0 aliphatic heterocycles. The van der Waals surface area contributed by atoms with Crippen LogP contribution in [-0.4, -0.2) is 0 Å². The molecule has 0 atom stereocenters. The van der Waals surface area contributed by atoms with Crippen LogP contribution in [-0.2, 0) is 0 Å². The Balaban J connectivity index is 2.94. The second-order valence-corrected chi connectivity index (χ2v) is 2.22. The largest absolute Gasteiger partial charge is 0.423 e. The zero-order valence-corrected chi connectivity index (χ0v) is 5.70. The van der Waals surface area contributed by atoms with Gasteiger partial charge in [-0.1, -0.05) is 12.1 Å². The van der Waals surface area contributed by atoms with E-state index in [0.717, 1.165) is 5.39 Å². The summed E-state index contributed by atoms with van der Waals surface area (Å²) in [5.41, 5.74) is 0.261. The molecule has 0 aliphatic rings. The highest BCUT2D eigenvalue weighted by molar-refractivity contribution is 5.75. The molecule has 0 amide bonds. The second-order valence-electron chi connectivity index (χ2n) is 2.22. The Hall–Kier alpha value is -1.57. The highest BCUT2D eigenvalue weighted by Gasteiger charge is 1.92. The zero-order chi connectivity index (χ0) is 7.68. The fourth-order valence-corrected chi connectivity index (χ4v) is 0.953. The van der Waals surface area contributed by atoms with Gasteiger partial charge in [-0.2, -0.15) is 0 Å². The van der Waals surface area contributed by atoms with Gasteiger partial charge in [0.1, 0.15) is 5.58 Å². The van der Waals surface area contributed by atoms with Gasteiger partial charge in [0.15, 0.2) is 0 Å². The van der Waals surface area contributed by atoms with Gasteiger partial charge < -0.3 is 4.42 Å². The van der Waals surface area contributed by atoms with E-state index in [9.17, 15) is 4.79 Å². The van der Waals surface area contributed by atoms with Crippen molar-refractivity contribution in [2.45, 2.75) is 0 Å². The lowest BCUT2D eigenvalue weighted by Crippen LogP contribution is -1.93. The molecule has 2 heteroatoms. The van der Waals surface area contributed by atoms with E-state index in [1.165, 1.54) is 6.07 Å². The Kier molecular flexibility index (Phi) is 1.25. The minimum Gasteiger partial charge on any atom is -0.423 e. The molecule has 2 rings (SSSR count). The van der Waals surface area contributed by atoms with Crippen LogP contribution >= 0.6 is 0 Å². The normalized spacial score (nSPS) is 10.2. The molecule has 0 spiro atoms. The van der Waals surface area contributed by atoms with Crippen LogP contribution in [0.25, 0.3) is 11.0 Å². The third kappa shape index (κ3) is 1.03. The van der Waals surface area contributed by atoms with E-state index in [1.54, 1.807) is 18.2 Å². The van der Waals surface area contributed by atoms with E-state index in [1.807, 2.05) is 6.07 Å². The average Bonchev–Trinajstić information content (AvgIpc) is 2.04. The van der Waals surface area contributed by atoms with Crippen molar-refractivity contribution in [2.24, 2.45) is 0 Å². The van der Waals surface area contributed by atoms with Gasteiger partial charge >= 0.3 is 5.63 Å². The Morgan fingerprint density at radius 1 is 1.27 bits per heavy atom. The summed E-state index contributed by atoms with van der Waals surface area (Å²) in [4.78, 5) is 10.7. The van der Waals surface area contributed by atoms with E-state index < -0.39 is 0 Å². The summed E-state index contributed by atoms with van der Waals surface area (Å²) in [6.07, 6.45) is 0. The minimum atomic E-state index is -0.322. The summed E-state index contributed by atoms with van der Waals surface area (Å²) < 4.78 is 4.87. The molecule has 1 aromatic heterocycles. The summed E-state index contributed by atoms with van der Waals surface area (Å²) in [5, 5.41) is 0.920. The smallest absolute Gasteiger partial charge is 0.336 e. The van der Waals surface area contributed by atoms with Gasteiger partial charge in [0.05, 0.1) is 0 Å². The van der Waals surface area contributed by atoms with Gasteiger partial charge in [0.25, 0.3) is 0 Å². The molecular formula is C9H5O2. The van der Waals surface area contributed by atoms with Crippen molar-refractivity contribution < 1.29 is 4.42 Å². The molecule has 0 saturated heterocycles.